The molecule has 3 N–H and O–H groups in total. The minimum Gasteiger partial charge on any atom is -0.482 e. The molecule has 0 radical (unpaired) electrons. The standard InChI is InChI=1S/C15H16N4O2/c16-19-14-10-8-20-6-5-11(10)17-15(18-14)13-7-9-3-1-2-4-12(9)21-13/h1-4,13H,5-8,16H2,(H,17,18,19). The van der Waals surface area contributed by atoms with Crippen LogP contribution in [0.5, 0.6) is 5.75 Å². The second-order valence-electron chi connectivity index (χ2n) is 5.22. The maximum absolute atomic E-state index is 5.96. The van der Waals surface area contributed by atoms with E-state index in [0.29, 0.717) is 24.9 Å². The smallest absolute Gasteiger partial charge is 0.172 e. The Balaban J connectivity index is 1.70. The van der Waals surface area contributed by atoms with Crippen LogP contribution in [-0.2, 0) is 24.2 Å². The monoisotopic (exact) mass is 284 g/mol. The molecule has 108 valence electrons. The SMILES string of the molecule is NNc1nc(C2Cc3ccccc3O2)nc2c1COCC2. The molecule has 6 heteroatoms. The predicted octanol–water partition coefficient (Wildman–Crippen LogP) is 1.51. The molecular formula is C15H16N4O2. The van der Waals surface area contributed by atoms with Crippen LogP contribution >= 0.6 is 0 Å². The maximum Gasteiger partial charge on any atom is 0.172 e. The summed E-state index contributed by atoms with van der Waals surface area (Å²) < 4.78 is 11.4. The van der Waals surface area contributed by atoms with Gasteiger partial charge in [-0.2, -0.15) is 0 Å². The van der Waals surface area contributed by atoms with Gasteiger partial charge in [-0.15, -0.1) is 0 Å². The van der Waals surface area contributed by atoms with E-state index in [-0.39, 0.29) is 6.10 Å². The van der Waals surface area contributed by atoms with Crippen molar-refractivity contribution in [2.45, 2.75) is 25.6 Å². The van der Waals surface area contributed by atoms with Gasteiger partial charge in [0.15, 0.2) is 11.9 Å². The van der Waals surface area contributed by atoms with E-state index in [1.807, 2.05) is 18.2 Å². The predicted molar refractivity (Wildman–Crippen MR) is 76.7 cm³/mol. The number of hydrogen-bond donors (Lipinski definition) is 2. The zero-order valence-corrected chi connectivity index (χ0v) is 11.5. The van der Waals surface area contributed by atoms with Gasteiger partial charge in [0.25, 0.3) is 0 Å². The van der Waals surface area contributed by atoms with Crippen LogP contribution in [0.25, 0.3) is 0 Å². The van der Waals surface area contributed by atoms with Gasteiger partial charge in [-0.3, -0.25) is 0 Å². The zero-order chi connectivity index (χ0) is 14.2. The molecule has 1 atom stereocenters. The van der Waals surface area contributed by atoms with Crippen LogP contribution in [0, 0.1) is 0 Å². The van der Waals surface area contributed by atoms with Crippen molar-refractivity contribution in [2.24, 2.45) is 5.84 Å². The minimum atomic E-state index is -0.150. The van der Waals surface area contributed by atoms with Crippen molar-refractivity contribution in [3.8, 4) is 5.75 Å². The first kappa shape index (κ1) is 12.6. The molecule has 4 rings (SSSR count). The van der Waals surface area contributed by atoms with Crippen LogP contribution in [0.4, 0.5) is 5.82 Å². The summed E-state index contributed by atoms with van der Waals surface area (Å²) in [5.74, 6) is 7.81. The first-order valence-corrected chi connectivity index (χ1v) is 7.04. The van der Waals surface area contributed by atoms with E-state index in [1.165, 1.54) is 5.56 Å². The molecule has 2 aliphatic rings. The number of fused-ring (bicyclic) bond motifs is 2. The quantitative estimate of drug-likeness (QED) is 0.642. The molecule has 2 aromatic rings. The lowest BCUT2D eigenvalue weighted by Gasteiger charge is -2.20. The third-order valence-corrected chi connectivity index (χ3v) is 3.91. The zero-order valence-electron chi connectivity index (χ0n) is 11.5. The molecular weight excluding hydrogens is 268 g/mol. The number of aromatic nitrogens is 2. The number of hydrazine groups is 1. The Morgan fingerprint density at radius 2 is 2.14 bits per heavy atom. The Hall–Kier alpha value is -2.18. The Morgan fingerprint density at radius 3 is 3.00 bits per heavy atom. The minimum absolute atomic E-state index is 0.150. The van der Waals surface area contributed by atoms with Crippen LogP contribution in [0.2, 0.25) is 0 Å². The van der Waals surface area contributed by atoms with Crippen molar-refractivity contribution in [3.63, 3.8) is 0 Å². The number of para-hydroxylation sites is 1. The van der Waals surface area contributed by atoms with E-state index in [0.717, 1.165) is 29.8 Å². The fourth-order valence-corrected chi connectivity index (χ4v) is 2.84. The number of anilines is 1. The number of nitrogens with two attached hydrogens (primary N) is 1. The van der Waals surface area contributed by atoms with Gasteiger partial charge in [0.2, 0.25) is 0 Å². The number of ether oxygens (including phenoxy) is 2. The second kappa shape index (κ2) is 4.98. The van der Waals surface area contributed by atoms with Gasteiger partial charge in [0.1, 0.15) is 11.6 Å². The van der Waals surface area contributed by atoms with E-state index < -0.39 is 0 Å². The van der Waals surface area contributed by atoms with Crippen molar-refractivity contribution in [3.05, 3.63) is 46.9 Å². The molecule has 0 amide bonds. The molecule has 0 spiro atoms. The van der Waals surface area contributed by atoms with E-state index >= 15 is 0 Å². The second-order valence-corrected chi connectivity index (χ2v) is 5.22. The molecule has 0 saturated heterocycles. The van der Waals surface area contributed by atoms with Gasteiger partial charge in [-0.05, 0) is 11.6 Å². The topological polar surface area (TPSA) is 82.3 Å². The number of hydrogen-bond acceptors (Lipinski definition) is 6. The highest BCUT2D eigenvalue weighted by Crippen LogP contribution is 2.36. The lowest BCUT2D eigenvalue weighted by Crippen LogP contribution is -2.22. The van der Waals surface area contributed by atoms with Crippen LogP contribution in [-0.4, -0.2) is 16.6 Å². The molecule has 0 fully saturated rings. The third kappa shape index (κ3) is 2.12. The highest BCUT2D eigenvalue weighted by atomic mass is 16.5. The molecule has 3 heterocycles. The van der Waals surface area contributed by atoms with E-state index in [1.54, 1.807) is 0 Å². The van der Waals surface area contributed by atoms with Crippen molar-refractivity contribution in [1.29, 1.82) is 0 Å². The van der Waals surface area contributed by atoms with Crippen molar-refractivity contribution >= 4 is 5.82 Å². The van der Waals surface area contributed by atoms with Gasteiger partial charge in [0, 0.05) is 18.4 Å². The lowest BCUT2D eigenvalue weighted by molar-refractivity contribution is 0.108. The molecule has 0 bridgehead atoms. The van der Waals surface area contributed by atoms with Gasteiger partial charge in [-0.25, -0.2) is 15.8 Å². The van der Waals surface area contributed by atoms with Crippen molar-refractivity contribution in [2.75, 3.05) is 12.0 Å². The van der Waals surface area contributed by atoms with Crippen LogP contribution in [0.3, 0.4) is 0 Å². The maximum atomic E-state index is 5.96. The summed E-state index contributed by atoms with van der Waals surface area (Å²) in [5.41, 5.74) is 5.79. The number of nitrogens with zero attached hydrogens (tertiary/aromatic N) is 2. The molecule has 0 saturated carbocycles. The first-order chi connectivity index (χ1) is 10.3. The number of rotatable bonds is 2. The highest BCUT2D eigenvalue weighted by molar-refractivity contribution is 5.47. The molecule has 6 nitrogen and oxygen atoms in total. The number of nitrogen functional groups attached to an aromatic ring is 1. The summed E-state index contributed by atoms with van der Waals surface area (Å²) in [5, 5.41) is 0. The molecule has 2 aliphatic heterocycles. The van der Waals surface area contributed by atoms with Gasteiger partial charge in [-0.1, -0.05) is 18.2 Å². The first-order valence-electron chi connectivity index (χ1n) is 7.04. The summed E-state index contributed by atoms with van der Waals surface area (Å²) in [6, 6.07) is 8.04. The Kier molecular flexibility index (Phi) is 2.98. The fourth-order valence-electron chi connectivity index (χ4n) is 2.84. The summed E-state index contributed by atoms with van der Waals surface area (Å²) in [6.45, 7) is 1.18. The molecule has 1 aromatic carbocycles. The molecule has 1 aromatic heterocycles. The molecule has 0 aliphatic carbocycles. The van der Waals surface area contributed by atoms with Crippen molar-refractivity contribution in [1.82, 2.24) is 9.97 Å². The van der Waals surface area contributed by atoms with Crippen LogP contribution in [0.1, 0.15) is 28.7 Å². The average molecular weight is 284 g/mol. The summed E-state index contributed by atoms with van der Waals surface area (Å²) >= 11 is 0. The van der Waals surface area contributed by atoms with E-state index in [4.69, 9.17) is 15.3 Å². The summed E-state index contributed by atoms with van der Waals surface area (Å²) in [4.78, 5) is 9.19. The van der Waals surface area contributed by atoms with Crippen LogP contribution < -0.4 is 16.0 Å². The van der Waals surface area contributed by atoms with Gasteiger partial charge in [0.05, 0.1) is 18.9 Å². The highest BCUT2D eigenvalue weighted by Gasteiger charge is 2.28. The third-order valence-electron chi connectivity index (χ3n) is 3.91. The number of nitrogens with one attached hydrogen (secondary N) is 1. The Morgan fingerprint density at radius 1 is 1.24 bits per heavy atom. The van der Waals surface area contributed by atoms with E-state index in [9.17, 15) is 0 Å². The largest absolute Gasteiger partial charge is 0.482 e. The molecule has 21 heavy (non-hydrogen) atoms. The summed E-state index contributed by atoms with van der Waals surface area (Å²) in [7, 11) is 0. The fraction of sp³-hybridized carbons (Fsp3) is 0.333. The average Bonchev–Trinajstić information content (AvgIpc) is 2.98. The Bertz CT molecular complexity index is 647. The van der Waals surface area contributed by atoms with Crippen molar-refractivity contribution < 1.29 is 9.47 Å². The lowest BCUT2D eigenvalue weighted by atomic mass is 10.1. The van der Waals surface area contributed by atoms with E-state index in [2.05, 4.69) is 21.5 Å². The van der Waals surface area contributed by atoms with Gasteiger partial charge < -0.3 is 14.9 Å². The Labute approximate surface area is 122 Å². The van der Waals surface area contributed by atoms with Crippen LogP contribution in [0.15, 0.2) is 24.3 Å². The summed E-state index contributed by atoms with van der Waals surface area (Å²) in [6.07, 6.45) is 1.41. The normalized spacial score (nSPS) is 19.6. The van der Waals surface area contributed by atoms with Gasteiger partial charge >= 0.3 is 0 Å². The number of benzene rings is 1. The molecule has 1 unspecified atom stereocenters.